The van der Waals surface area contributed by atoms with E-state index < -0.39 is 6.10 Å². The fourth-order valence-corrected chi connectivity index (χ4v) is 1.52. The second-order valence-corrected chi connectivity index (χ2v) is 3.29. The number of aliphatic hydroxyl groups is 1. The van der Waals surface area contributed by atoms with Crippen molar-refractivity contribution < 1.29 is 5.11 Å². The predicted octanol–water partition coefficient (Wildman–Crippen LogP) is -1.48. The minimum absolute atomic E-state index is 0.0771. The summed E-state index contributed by atoms with van der Waals surface area (Å²) in [5.41, 5.74) is 12.0. The van der Waals surface area contributed by atoms with Crippen molar-refractivity contribution in [2.45, 2.75) is 12.3 Å². The first-order valence-corrected chi connectivity index (χ1v) is 4.47. The molecule has 1 aromatic rings. The van der Waals surface area contributed by atoms with Crippen LogP contribution in [0.3, 0.4) is 0 Å². The number of aliphatic hydroxyl groups excluding tert-OH is 1. The number of hydrogen-bond donors (Lipinski definition) is 4. The van der Waals surface area contributed by atoms with Gasteiger partial charge in [0.25, 0.3) is 0 Å². The van der Waals surface area contributed by atoms with Crippen molar-refractivity contribution in [2.75, 3.05) is 6.54 Å². The van der Waals surface area contributed by atoms with Gasteiger partial charge in [0.2, 0.25) is 0 Å². The van der Waals surface area contributed by atoms with Crippen molar-refractivity contribution in [1.82, 2.24) is 20.8 Å². The molecule has 3 atom stereocenters. The molecule has 0 radical (unpaired) electrons. The Bertz CT molecular complexity index is 293. The summed E-state index contributed by atoms with van der Waals surface area (Å²) in [7, 11) is 0. The highest BCUT2D eigenvalue weighted by atomic mass is 16.3. The second-order valence-electron chi connectivity index (χ2n) is 3.29. The first-order valence-electron chi connectivity index (χ1n) is 4.47. The molecule has 0 aromatic carbocycles. The van der Waals surface area contributed by atoms with Crippen LogP contribution in [0.1, 0.15) is 11.8 Å². The highest BCUT2D eigenvalue weighted by Crippen LogP contribution is 2.22. The number of hydrogen-bond acceptors (Lipinski definition) is 6. The van der Waals surface area contributed by atoms with Gasteiger partial charge in [-0.05, 0) is 0 Å². The maximum Gasteiger partial charge on any atom is 0.104 e. The van der Waals surface area contributed by atoms with E-state index in [1.165, 1.54) is 0 Å². The lowest BCUT2D eigenvalue weighted by atomic mass is 9.99. The third-order valence-electron chi connectivity index (χ3n) is 2.36. The van der Waals surface area contributed by atoms with Gasteiger partial charge in [-0.25, -0.2) is 5.43 Å². The molecule has 14 heavy (non-hydrogen) atoms. The number of nitrogens with one attached hydrogen (secondary N) is 2. The van der Waals surface area contributed by atoms with Crippen molar-refractivity contribution >= 4 is 0 Å². The summed E-state index contributed by atoms with van der Waals surface area (Å²) in [6, 6.07) is 0. The van der Waals surface area contributed by atoms with Gasteiger partial charge < -0.3 is 10.8 Å². The van der Waals surface area contributed by atoms with E-state index in [9.17, 15) is 5.11 Å². The van der Waals surface area contributed by atoms with E-state index in [0.29, 0.717) is 12.2 Å². The molecule has 1 aliphatic rings. The maximum absolute atomic E-state index is 9.93. The van der Waals surface area contributed by atoms with Crippen LogP contribution in [0, 0.1) is 5.92 Å². The fraction of sp³-hybridized carbons (Fsp3) is 0.500. The predicted molar refractivity (Wildman–Crippen MR) is 49.6 cm³/mol. The lowest BCUT2D eigenvalue weighted by Crippen LogP contribution is -2.40. The number of nitrogens with two attached hydrogens (primary N) is 1. The smallest absolute Gasteiger partial charge is 0.104 e. The first-order chi connectivity index (χ1) is 6.79. The van der Waals surface area contributed by atoms with Crippen LogP contribution in [0.15, 0.2) is 18.6 Å². The molecule has 76 valence electrons. The lowest BCUT2D eigenvalue weighted by Gasteiger charge is -2.19. The van der Waals surface area contributed by atoms with E-state index in [1.54, 1.807) is 18.6 Å². The van der Waals surface area contributed by atoms with Gasteiger partial charge in [0.15, 0.2) is 0 Å². The van der Waals surface area contributed by atoms with Gasteiger partial charge in [-0.15, -0.1) is 0 Å². The molecule has 5 N–H and O–H groups in total. The standard InChI is InChI=1S/C8H13N5O/c9-8-5(3-12-13-8)7(14)6-4-10-1-2-11-6/h1-2,4-5,7-8,12-14H,3,9H2. The molecule has 0 spiro atoms. The third-order valence-corrected chi connectivity index (χ3v) is 2.36. The quantitative estimate of drug-likeness (QED) is 0.459. The van der Waals surface area contributed by atoms with Gasteiger partial charge in [0.1, 0.15) is 6.10 Å². The topological polar surface area (TPSA) is 96.1 Å². The SMILES string of the molecule is NC1NNCC1C(O)c1cnccn1. The van der Waals surface area contributed by atoms with Gasteiger partial charge >= 0.3 is 0 Å². The zero-order valence-electron chi connectivity index (χ0n) is 7.59. The molecular formula is C8H13N5O. The minimum Gasteiger partial charge on any atom is -0.386 e. The molecule has 1 aromatic heterocycles. The summed E-state index contributed by atoms with van der Waals surface area (Å²) in [6.07, 6.45) is 3.74. The molecule has 0 bridgehead atoms. The summed E-state index contributed by atoms with van der Waals surface area (Å²) in [4.78, 5) is 7.93. The molecule has 0 aliphatic carbocycles. The molecule has 2 rings (SSSR count). The highest BCUT2D eigenvalue weighted by Gasteiger charge is 2.31. The van der Waals surface area contributed by atoms with Crippen molar-refractivity contribution in [3.63, 3.8) is 0 Å². The lowest BCUT2D eigenvalue weighted by molar-refractivity contribution is 0.103. The average Bonchev–Trinajstić information content (AvgIpc) is 2.65. The van der Waals surface area contributed by atoms with E-state index in [1.807, 2.05) is 0 Å². The van der Waals surface area contributed by atoms with Crippen LogP contribution in [-0.2, 0) is 0 Å². The van der Waals surface area contributed by atoms with Crippen molar-refractivity contribution in [3.05, 3.63) is 24.3 Å². The van der Waals surface area contributed by atoms with Gasteiger partial charge in [-0.2, -0.15) is 0 Å². The Labute approximate surface area is 81.5 Å². The first kappa shape index (κ1) is 9.47. The Morgan fingerprint density at radius 2 is 2.43 bits per heavy atom. The number of aromatic nitrogens is 2. The van der Waals surface area contributed by atoms with E-state index in [0.717, 1.165) is 0 Å². The molecule has 6 nitrogen and oxygen atoms in total. The zero-order chi connectivity index (χ0) is 9.97. The molecule has 1 saturated heterocycles. The molecule has 1 aliphatic heterocycles. The summed E-state index contributed by atoms with van der Waals surface area (Å²) < 4.78 is 0. The van der Waals surface area contributed by atoms with Crippen LogP contribution in [0.2, 0.25) is 0 Å². The molecule has 3 unspecified atom stereocenters. The van der Waals surface area contributed by atoms with Gasteiger partial charge in [-0.3, -0.25) is 15.4 Å². The minimum atomic E-state index is -0.679. The summed E-state index contributed by atoms with van der Waals surface area (Å²) in [5.74, 6) is -0.0771. The molecular weight excluding hydrogens is 182 g/mol. The van der Waals surface area contributed by atoms with Crippen LogP contribution >= 0.6 is 0 Å². The Morgan fingerprint density at radius 1 is 1.57 bits per heavy atom. The summed E-state index contributed by atoms with van der Waals surface area (Å²) >= 11 is 0. The molecule has 0 saturated carbocycles. The molecule has 1 fully saturated rings. The van der Waals surface area contributed by atoms with Crippen LogP contribution < -0.4 is 16.6 Å². The van der Waals surface area contributed by atoms with Crippen molar-refractivity contribution in [3.8, 4) is 0 Å². The van der Waals surface area contributed by atoms with Crippen molar-refractivity contribution in [2.24, 2.45) is 11.7 Å². The van der Waals surface area contributed by atoms with E-state index in [2.05, 4.69) is 20.8 Å². The highest BCUT2D eigenvalue weighted by molar-refractivity contribution is 5.03. The van der Waals surface area contributed by atoms with E-state index in [-0.39, 0.29) is 12.1 Å². The van der Waals surface area contributed by atoms with Crippen LogP contribution in [0.4, 0.5) is 0 Å². The molecule has 2 heterocycles. The Morgan fingerprint density at radius 3 is 3.00 bits per heavy atom. The fourth-order valence-electron chi connectivity index (χ4n) is 1.52. The Hall–Kier alpha value is -1.08. The summed E-state index contributed by atoms with van der Waals surface area (Å²) in [6.45, 7) is 0.624. The monoisotopic (exact) mass is 195 g/mol. The normalized spacial score (nSPS) is 29.0. The van der Waals surface area contributed by atoms with Gasteiger partial charge in [-0.1, -0.05) is 0 Å². The Balaban J connectivity index is 2.12. The maximum atomic E-state index is 9.93. The van der Waals surface area contributed by atoms with Gasteiger partial charge in [0, 0.05) is 24.9 Å². The molecule has 6 heteroatoms. The number of nitrogens with zero attached hydrogens (tertiary/aromatic N) is 2. The number of rotatable bonds is 2. The summed E-state index contributed by atoms with van der Waals surface area (Å²) in [5, 5.41) is 9.93. The second kappa shape index (κ2) is 3.97. The third kappa shape index (κ3) is 1.73. The van der Waals surface area contributed by atoms with Gasteiger partial charge in [0.05, 0.1) is 18.1 Å². The van der Waals surface area contributed by atoms with Crippen molar-refractivity contribution in [1.29, 1.82) is 0 Å². The molecule has 0 amide bonds. The van der Waals surface area contributed by atoms with Crippen LogP contribution in [-0.4, -0.2) is 27.8 Å². The number of hydrazine groups is 1. The Kier molecular flexibility index (Phi) is 2.69. The van der Waals surface area contributed by atoms with Crippen LogP contribution in [0.25, 0.3) is 0 Å². The van der Waals surface area contributed by atoms with E-state index in [4.69, 9.17) is 5.73 Å². The van der Waals surface area contributed by atoms with E-state index >= 15 is 0 Å². The van der Waals surface area contributed by atoms with Crippen LogP contribution in [0.5, 0.6) is 0 Å². The zero-order valence-corrected chi connectivity index (χ0v) is 7.59. The average molecular weight is 195 g/mol. The largest absolute Gasteiger partial charge is 0.386 e.